The fourth-order valence-corrected chi connectivity index (χ4v) is 3.27. The van der Waals surface area contributed by atoms with Crippen LogP contribution in [0, 0.1) is 0 Å². The highest BCUT2D eigenvalue weighted by molar-refractivity contribution is 5.83. The highest BCUT2D eigenvalue weighted by Gasteiger charge is 2.14. The summed E-state index contributed by atoms with van der Waals surface area (Å²) in [7, 11) is 0. The number of rotatable bonds is 5. The molecule has 2 N–H and O–H groups in total. The van der Waals surface area contributed by atoms with Crippen molar-refractivity contribution in [2.24, 2.45) is 0 Å². The molecule has 3 heterocycles. The largest absolute Gasteiger partial charge is 0.368 e. The summed E-state index contributed by atoms with van der Waals surface area (Å²) in [5, 5.41) is 12.9. The molecule has 0 aliphatic carbocycles. The van der Waals surface area contributed by atoms with Crippen LogP contribution in [0.2, 0.25) is 0 Å². The summed E-state index contributed by atoms with van der Waals surface area (Å²) in [5.74, 6) is 1.54. The van der Waals surface area contributed by atoms with E-state index in [1.54, 1.807) is 6.20 Å². The summed E-state index contributed by atoms with van der Waals surface area (Å²) in [6.45, 7) is 2.88. The van der Waals surface area contributed by atoms with E-state index in [2.05, 4.69) is 60.8 Å². The molecule has 1 fully saturated rings. The fraction of sp³-hybridized carbons (Fsp3) is 0.389. The van der Waals surface area contributed by atoms with Crippen LogP contribution in [0.5, 0.6) is 0 Å². The maximum Gasteiger partial charge on any atom is 0.247 e. The van der Waals surface area contributed by atoms with Crippen molar-refractivity contribution in [3.05, 3.63) is 42.2 Å². The van der Waals surface area contributed by atoms with Crippen LogP contribution in [0.3, 0.4) is 0 Å². The molecule has 1 aliphatic heterocycles. The Kier molecular flexibility index (Phi) is 4.27. The van der Waals surface area contributed by atoms with E-state index < -0.39 is 0 Å². The molecular weight excluding hydrogens is 300 g/mol. The summed E-state index contributed by atoms with van der Waals surface area (Å²) in [6.07, 6.45) is 8.44. The molecule has 0 saturated carbocycles. The minimum Gasteiger partial charge on any atom is -0.368 e. The number of anilines is 2. The van der Waals surface area contributed by atoms with E-state index in [9.17, 15) is 0 Å². The van der Waals surface area contributed by atoms with Gasteiger partial charge < -0.3 is 15.2 Å². The van der Waals surface area contributed by atoms with Gasteiger partial charge in [-0.2, -0.15) is 10.1 Å². The Labute approximate surface area is 141 Å². The van der Waals surface area contributed by atoms with E-state index in [4.69, 9.17) is 0 Å². The number of H-pyrrole nitrogens is 1. The number of aromatic amines is 1. The summed E-state index contributed by atoms with van der Waals surface area (Å²) in [6, 6.07) is 8.38. The molecule has 1 aromatic carbocycles. The third-order valence-corrected chi connectivity index (χ3v) is 4.56. The molecule has 0 bridgehead atoms. The SMILES string of the molecule is c1ccc2c(CCNc3cnnc(N4CCCCC4)n3)c[nH]c2c1. The van der Waals surface area contributed by atoms with Gasteiger partial charge in [0.2, 0.25) is 5.95 Å². The molecule has 124 valence electrons. The zero-order valence-corrected chi connectivity index (χ0v) is 13.7. The van der Waals surface area contributed by atoms with Crippen LogP contribution in [0.15, 0.2) is 36.7 Å². The van der Waals surface area contributed by atoms with Crippen LogP contribution < -0.4 is 10.2 Å². The van der Waals surface area contributed by atoms with Crippen LogP contribution in [0.25, 0.3) is 10.9 Å². The molecular formula is C18H22N6. The standard InChI is InChI=1S/C18H22N6/c1-4-10-24(11-5-1)18-22-17(13-21-23-18)19-9-8-14-12-20-16-7-3-2-6-15(14)16/h2-3,6-7,12-13,20H,1,4-5,8-11H2,(H,19,22,23). The first-order valence-corrected chi connectivity index (χ1v) is 8.64. The van der Waals surface area contributed by atoms with Gasteiger partial charge in [0, 0.05) is 36.7 Å². The lowest BCUT2D eigenvalue weighted by Gasteiger charge is -2.26. The maximum atomic E-state index is 4.61. The third-order valence-electron chi connectivity index (χ3n) is 4.56. The molecule has 0 spiro atoms. The lowest BCUT2D eigenvalue weighted by atomic mass is 10.1. The third kappa shape index (κ3) is 3.18. The number of piperidine rings is 1. The molecule has 0 atom stereocenters. The first-order valence-electron chi connectivity index (χ1n) is 8.64. The number of aromatic nitrogens is 4. The molecule has 6 heteroatoms. The number of benzene rings is 1. The number of para-hydroxylation sites is 1. The molecule has 3 aromatic rings. The van der Waals surface area contributed by atoms with Gasteiger partial charge in [0.25, 0.3) is 0 Å². The second-order valence-electron chi connectivity index (χ2n) is 6.23. The van der Waals surface area contributed by atoms with Gasteiger partial charge in [0.15, 0.2) is 5.82 Å². The number of nitrogens with zero attached hydrogens (tertiary/aromatic N) is 4. The predicted octanol–water partition coefficient (Wildman–Crippen LogP) is 3.00. The zero-order valence-electron chi connectivity index (χ0n) is 13.7. The maximum absolute atomic E-state index is 4.61. The Morgan fingerprint density at radius 3 is 2.92 bits per heavy atom. The van der Waals surface area contributed by atoms with Gasteiger partial charge in [-0.15, -0.1) is 5.10 Å². The quantitative estimate of drug-likeness (QED) is 0.756. The molecule has 1 saturated heterocycles. The van der Waals surface area contributed by atoms with Crippen LogP contribution in [0.4, 0.5) is 11.8 Å². The van der Waals surface area contributed by atoms with E-state index in [-0.39, 0.29) is 0 Å². The Balaban J connectivity index is 1.39. The zero-order chi connectivity index (χ0) is 16.2. The van der Waals surface area contributed by atoms with Crippen LogP contribution in [0.1, 0.15) is 24.8 Å². The highest BCUT2D eigenvalue weighted by atomic mass is 15.3. The van der Waals surface area contributed by atoms with Crippen molar-refractivity contribution < 1.29 is 0 Å². The van der Waals surface area contributed by atoms with Gasteiger partial charge >= 0.3 is 0 Å². The smallest absolute Gasteiger partial charge is 0.247 e. The highest BCUT2D eigenvalue weighted by Crippen LogP contribution is 2.19. The van der Waals surface area contributed by atoms with Crippen molar-refractivity contribution in [1.29, 1.82) is 0 Å². The minimum absolute atomic E-state index is 0.742. The average Bonchev–Trinajstić information content (AvgIpc) is 3.06. The van der Waals surface area contributed by atoms with E-state index in [0.29, 0.717) is 0 Å². The summed E-state index contributed by atoms with van der Waals surface area (Å²) < 4.78 is 0. The van der Waals surface area contributed by atoms with Gasteiger partial charge in [-0.05, 0) is 37.3 Å². The fourth-order valence-electron chi connectivity index (χ4n) is 3.27. The molecule has 0 unspecified atom stereocenters. The van der Waals surface area contributed by atoms with Crippen molar-refractivity contribution in [3.8, 4) is 0 Å². The first-order chi connectivity index (χ1) is 11.9. The van der Waals surface area contributed by atoms with E-state index in [1.807, 2.05) is 0 Å². The molecule has 4 rings (SSSR count). The van der Waals surface area contributed by atoms with Gasteiger partial charge in [0.05, 0.1) is 6.20 Å². The first kappa shape index (κ1) is 14.9. The molecule has 2 aromatic heterocycles. The van der Waals surface area contributed by atoms with E-state index in [1.165, 1.54) is 35.7 Å². The van der Waals surface area contributed by atoms with Gasteiger partial charge in [-0.3, -0.25) is 0 Å². The van der Waals surface area contributed by atoms with Crippen molar-refractivity contribution in [3.63, 3.8) is 0 Å². The molecule has 0 radical (unpaired) electrons. The minimum atomic E-state index is 0.742. The van der Waals surface area contributed by atoms with Crippen LogP contribution in [-0.4, -0.2) is 39.8 Å². The van der Waals surface area contributed by atoms with Gasteiger partial charge in [-0.25, -0.2) is 0 Å². The topological polar surface area (TPSA) is 69.7 Å². The molecule has 6 nitrogen and oxygen atoms in total. The normalized spacial score (nSPS) is 14.9. The molecule has 0 amide bonds. The number of fused-ring (bicyclic) bond motifs is 1. The lowest BCUT2D eigenvalue weighted by Crippen LogP contribution is -2.31. The Hall–Kier alpha value is -2.63. The van der Waals surface area contributed by atoms with Gasteiger partial charge in [0.1, 0.15) is 0 Å². The second-order valence-corrected chi connectivity index (χ2v) is 6.23. The van der Waals surface area contributed by atoms with Crippen molar-refractivity contribution in [2.75, 3.05) is 29.9 Å². The number of hydrogen-bond donors (Lipinski definition) is 2. The van der Waals surface area contributed by atoms with Crippen molar-refractivity contribution in [1.82, 2.24) is 20.2 Å². The average molecular weight is 322 g/mol. The van der Waals surface area contributed by atoms with Gasteiger partial charge in [-0.1, -0.05) is 18.2 Å². The second kappa shape index (κ2) is 6.86. The molecule has 1 aliphatic rings. The Morgan fingerprint density at radius 2 is 2.00 bits per heavy atom. The lowest BCUT2D eigenvalue weighted by molar-refractivity contribution is 0.565. The van der Waals surface area contributed by atoms with Crippen LogP contribution in [-0.2, 0) is 6.42 Å². The van der Waals surface area contributed by atoms with Crippen LogP contribution >= 0.6 is 0 Å². The summed E-state index contributed by atoms with van der Waals surface area (Å²) in [4.78, 5) is 10.2. The van der Waals surface area contributed by atoms with Crippen molar-refractivity contribution in [2.45, 2.75) is 25.7 Å². The van der Waals surface area contributed by atoms with E-state index in [0.717, 1.165) is 37.8 Å². The Morgan fingerprint density at radius 1 is 1.12 bits per heavy atom. The van der Waals surface area contributed by atoms with Crippen molar-refractivity contribution >= 4 is 22.7 Å². The number of hydrogen-bond acceptors (Lipinski definition) is 5. The summed E-state index contributed by atoms with van der Waals surface area (Å²) in [5.41, 5.74) is 2.50. The van der Waals surface area contributed by atoms with E-state index >= 15 is 0 Å². The molecule has 24 heavy (non-hydrogen) atoms. The Bertz CT molecular complexity index is 806. The monoisotopic (exact) mass is 322 g/mol. The number of nitrogens with one attached hydrogen (secondary N) is 2. The predicted molar refractivity (Wildman–Crippen MR) is 96.4 cm³/mol. The summed E-state index contributed by atoms with van der Waals surface area (Å²) >= 11 is 0.